The molecule has 0 aliphatic rings. The Hall–Kier alpha value is -3.06. The number of rotatable bonds is 4. The molecule has 0 saturated carbocycles. The highest BCUT2D eigenvalue weighted by Gasteiger charge is 2.12. The van der Waals surface area contributed by atoms with E-state index in [9.17, 15) is 25.9 Å². The van der Waals surface area contributed by atoms with E-state index in [1.165, 1.54) is 35.9 Å². The molecule has 0 bridgehead atoms. The molecule has 0 spiro atoms. The Morgan fingerprint density at radius 2 is 1.03 bits per heavy atom. The molecule has 0 unspecified atom stereocenters. The number of hydrogen-bond donors (Lipinski definition) is 0. The number of aromatic nitrogens is 4. The maximum atomic E-state index is 11.0. The number of nitrogens with zero attached hydrogens (tertiary/aromatic N) is 4. The molecule has 0 radical (unpaired) electrons. The smallest absolute Gasteiger partial charge is 0.255 e. The van der Waals surface area contributed by atoms with Gasteiger partial charge >= 0.3 is 0 Å². The monoisotopic (exact) mass is 536 g/mol. The zero-order valence-corrected chi connectivity index (χ0v) is 22.9. The molecule has 12 heteroatoms. The van der Waals surface area contributed by atoms with Gasteiger partial charge in [0.15, 0.2) is 0 Å². The first-order chi connectivity index (χ1) is 16.7. The fourth-order valence-corrected chi connectivity index (χ4v) is 5.31. The van der Waals surface area contributed by atoms with Crippen LogP contribution >= 0.6 is 0 Å². The van der Waals surface area contributed by atoms with Crippen molar-refractivity contribution in [2.75, 3.05) is 0 Å². The SMILES string of the molecule is CCc1n(C)cc[n+]1C.CCc1n(C)cc[n+]1C.O=S(=O)([O-])c1cccc2c(S(=O)(=O)[O-])cccc12. The summed E-state index contributed by atoms with van der Waals surface area (Å²) in [7, 11) is -1.20. The van der Waals surface area contributed by atoms with Crippen LogP contribution in [0.2, 0.25) is 0 Å². The van der Waals surface area contributed by atoms with E-state index in [-0.39, 0.29) is 10.8 Å². The number of hydrogen-bond acceptors (Lipinski definition) is 6. The predicted octanol–water partition coefficient (Wildman–Crippen LogP) is 1.47. The van der Waals surface area contributed by atoms with Crippen LogP contribution in [0.3, 0.4) is 0 Å². The van der Waals surface area contributed by atoms with Crippen molar-refractivity contribution in [3.8, 4) is 0 Å². The zero-order chi connectivity index (χ0) is 27.3. The third-order valence-electron chi connectivity index (χ3n) is 5.67. The number of fused-ring (bicyclic) bond motifs is 1. The van der Waals surface area contributed by atoms with Gasteiger partial charge in [-0.2, -0.15) is 0 Å². The molecule has 0 amide bonds. The van der Waals surface area contributed by atoms with Crippen LogP contribution in [0.25, 0.3) is 10.8 Å². The molecule has 196 valence electrons. The van der Waals surface area contributed by atoms with E-state index in [2.05, 4.69) is 85.1 Å². The average molecular weight is 537 g/mol. The zero-order valence-electron chi connectivity index (χ0n) is 21.2. The van der Waals surface area contributed by atoms with Crippen LogP contribution in [-0.4, -0.2) is 35.1 Å². The van der Waals surface area contributed by atoms with Gasteiger partial charge in [0.25, 0.3) is 11.6 Å². The van der Waals surface area contributed by atoms with Crippen molar-refractivity contribution in [2.24, 2.45) is 28.2 Å². The Kier molecular flexibility index (Phi) is 9.55. The Morgan fingerprint density at radius 3 is 1.22 bits per heavy atom. The van der Waals surface area contributed by atoms with E-state index in [0.29, 0.717) is 0 Å². The fourth-order valence-electron chi connectivity index (χ4n) is 3.93. The summed E-state index contributed by atoms with van der Waals surface area (Å²) in [4.78, 5) is -1.10. The Labute approximate surface area is 212 Å². The molecule has 0 fully saturated rings. The molecule has 0 N–H and O–H groups in total. The van der Waals surface area contributed by atoms with Gasteiger partial charge in [0.2, 0.25) is 0 Å². The number of aryl methyl sites for hydroxylation is 4. The second-order valence-electron chi connectivity index (χ2n) is 8.10. The van der Waals surface area contributed by atoms with Crippen LogP contribution in [0.15, 0.2) is 71.0 Å². The summed E-state index contributed by atoms with van der Waals surface area (Å²) in [6, 6.07) is 7.09. The van der Waals surface area contributed by atoms with Crippen molar-refractivity contribution >= 4 is 31.0 Å². The van der Waals surface area contributed by atoms with Crippen molar-refractivity contribution in [1.82, 2.24) is 9.13 Å². The van der Waals surface area contributed by atoms with E-state index in [1.807, 2.05) is 0 Å². The largest absolute Gasteiger partial charge is 0.744 e. The highest BCUT2D eigenvalue weighted by molar-refractivity contribution is 7.86. The molecule has 0 saturated heterocycles. The van der Waals surface area contributed by atoms with Crippen molar-refractivity contribution in [3.05, 3.63) is 72.8 Å². The molecule has 4 aromatic rings. The number of benzene rings is 2. The van der Waals surface area contributed by atoms with Gasteiger partial charge in [0, 0.05) is 23.6 Å². The normalized spacial score (nSPS) is 11.4. The lowest BCUT2D eigenvalue weighted by molar-refractivity contribution is -0.678. The molecular formula is C24H32N4O6S2. The quantitative estimate of drug-likeness (QED) is 0.287. The summed E-state index contributed by atoms with van der Waals surface area (Å²) in [5, 5.41) is -0.158. The van der Waals surface area contributed by atoms with Gasteiger partial charge in [-0.05, 0) is 12.1 Å². The van der Waals surface area contributed by atoms with Crippen LogP contribution < -0.4 is 9.13 Å². The summed E-state index contributed by atoms with van der Waals surface area (Å²) in [5.74, 6) is 2.71. The first-order valence-corrected chi connectivity index (χ1v) is 14.0. The maximum absolute atomic E-state index is 11.0. The van der Waals surface area contributed by atoms with Gasteiger partial charge in [-0.1, -0.05) is 38.1 Å². The Balaban J connectivity index is 0.000000212. The van der Waals surface area contributed by atoms with Crippen LogP contribution in [0.4, 0.5) is 0 Å². The van der Waals surface area contributed by atoms with Crippen molar-refractivity contribution in [3.63, 3.8) is 0 Å². The average Bonchev–Trinajstić information content (AvgIpc) is 3.31. The minimum atomic E-state index is -4.74. The van der Waals surface area contributed by atoms with Gasteiger partial charge in [-0.25, -0.2) is 35.1 Å². The molecule has 0 aliphatic heterocycles. The molecule has 0 aliphatic carbocycles. The van der Waals surface area contributed by atoms with E-state index in [0.717, 1.165) is 25.0 Å². The van der Waals surface area contributed by atoms with Crippen molar-refractivity contribution in [1.29, 1.82) is 0 Å². The standard InChI is InChI=1S/C10H8O6S2.2C7H13N2/c11-17(12,13)9-5-1-3-7-8(9)4-2-6-10(7)18(14,15)16;2*1-4-7-8(2)5-6-9(7)3/h1-6H,(H,11,12,13)(H,14,15,16);2*5-6H,4H2,1-3H3/q;2*+1/p-2. The Morgan fingerprint density at radius 1 is 0.694 bits per heavy atom. The molecule has 2 aromatic carbocycles. The summed E-state index contributed by atoms with van der Waals surface area (Å²) in [6.45, 7) is 4.32. The minimum absolute atomic E-state index is 0.0792. The lowest BCUT2D eigenvalue weighted by atomic mass is 10.1. The highest BCUT2D eigenvalue weighted by atomic mass is 32.2. The molecular weight excluding hydrogens is 504 g/mol. The van der Waals surface area contributed by atoms with Crippen molar-refractivity contribution < 1.29 is 35.1 Å². The van der Waals surface area contributed by atoms with Crippen LogP contribution in [0.5, 0.6) is 0 Å². The molecule has 2 aromatic heterocycles. The van der Waals surface area contributed by atoms with Gasteiger partial charge in [-0.15, -0.1) is 0 Å². The minimum Gasteiger partial charge on any atom is -0.744 e. The molecule has 0 atom stereocenters. The lowest BCUT2D eigenvalue weighted by Gasteiger charge is -2.14. The number of imidazole rings is 2. The summed E-state index contributed by atoms with van der Waals surface area (Å²) in [6.07, 6.45) is 10.5. The first kappa shape index (κ1) is 29.2. The summed E-state index contributed by atoms with van der Waals surface area (Å²) in [5.41, 5.74) is 0. The van der Waals surface area contributed by atoms with Gasteiger partial charge in [0.05, 0.1) is 38.0 Å². The van der Waals surface area contributed by atoms with E-state index in [1.54, 1.807) is 0 Å². The highest BCUT2D eigenvalue weighted by Crippen LogP contribution is 2.27. The molecule has 36 heavy (non-hydrogen) atoms. The van der Waals surface area contributed by atoms with Gasteiger partial charge in [0.1, 0.15) is 45.0 Å². The second kappa shape index (κ2) is 11.8. The van der Waals surface area contributed by atoms with Crippen molar-refractivity contribution in [2.45, 2.75) is 36.5 Å². The predicted molar refractivity (Wildman–Crippen MR) is 132 cm³/mol. The van der Waals surface area contributed by atoms with Crippen LogP contribution in [-0.2, 0) is 61.3 Å². The van der Waals surface area contributed by atoms with E-state index >= 15 is 0 Å². The summed E-state index contributed by atoms with van der Waals surface area (Å²) >= 11 is 0. The summed E-state index contributed by atoms with van der Waals surface area (Å²) < 4.78 is 74.7. The van der Waals surface area contributed by atoms with Gasteiger partial charge < -0.3 is 9.11 Å². The second-order valence-corrected chi connectivity index (χ2v) is 10.8. The van der Waals surface area contributed by atoms with E-state index in [4.69, 9.17) is 0 Å². The topological polar surface area (TPSA) is 132 Å². The first-order valence-electron chi connectivity index (χ1n) is 11.2. The van der Waals surface area contributed by atoms with E-state index < -0.39 is 30.0 Å². The van der Waals surface area contributed by atoms with Crippen LogP contribution in [0, 0.1) is 0 Å². The van der Waals surface area contributed by atoms with Crippen LogP contribution in [0.1, 0.15) is 25.5 Å². The molecule has 4 rings (SSSR count). The maximum Gasteiger partial charge on any atom is 0.255 e. The third kappa shape index (κ3) is 7.00. The molecule has 2 heterocycles. The molecule has 10 nitrogen and oxygen atoms in total. The third-order valence-corrected chi connectivity index (χ3v) is 7.46. The lowest BCUT2D eigenvalue weighted by Crippen LogP contribution is -2.31. The Bertz CT molecular complexity index is 1400. The van der Waals surface area contributed by atoms with Gasteiger partial charge in [-0.3, -0.25) is 0 Å². The fraction of sp³-hybridized carbons (Fsp3) is 0.333.